The number of Topliss-reactive ketones (excluding diaryl/α,β-unsaturated/α-hetero) is 1. The molecule has 1 aliphatic carbocycles. The zero-order chi connectivity index (χ0) is 36.7. The van der Waals surface area contributed by atoms with Crippen LogP contribution >= 0.6 is 23.2 Å². The Hall–Kier alpha value is -4.98. The third kappa shape index (κ3) is 6.39. The van der Waals surface area contributed by atoms with Gasteiger partial charge in [-0.2, -0.15) is 0 Å². The number of aliphatic hydroxyl groups is 1. The Morgan fingerprint density at radius 2 is 1.82 bits per heavy atom. The second kappa shape index (κ2) is 13.7. The highest BCUT2D eigenvalue weighted by Gasteiger charge is 2.55. The summed E-state index contributed by atoms with van der Waals surface area (Å²) in [5.41, 5.74) is 0.540. The van der Waals surface area contributed by atoms with E-state index in [4.69, 9.17) is 37.5 Å². The molecule has 3 aromatic rings. The smallest absolute Gasteiger partial charge is 0.263 e. The number of amides is 1. The van der Waals surface area contributed by atoms with Crippen molar-refractivity contribution in [3.63, 3.8) is 0 Å². The number of aryl methyl sites for hydroxylation is 2. The number of aliphatic hydroxyl groups excluding tert-OH is 1. The van der Waals surface area contributed by atoms with Crippen LogP contribution in [0.1, 0.15) is 46.5 Å². The number of hydrogen-bond acceptors (Lipinski definition) is 10. The van der Waals surface area contributed by atoms with Crippen molar-refractivity contribution in [2.24, 2.45) is 5.16 Å². The van der Waals surface area contributed by atoms with Gasteiger partial charge < -0.3 is 29.8 Å². The first kappa shape index (κ1) is 36.3. The number of carbonyl (C=O) groups excluding carboxylic acids is 2. The van der Waals surface area contributed by atoms with Crippen LogP contribution in [0.2, 0.25) is 10.0 Å². The lowest BCUT2D eigenvalue weighted by molar-refractivity contribution is -0.119. The van der Waals surface area contributed by atoms with Crippen LogP contribution in [0.3, 0.4) is 0 Å². The summed E-state index contributed by atoms with van der Waals surface area (Å²) in [4.78, 5) is 32.8. The number of ketones is 1. The molecule has 1 heterocycles. The Bertz CT molecular complexity index is 2150. The van der Waals surface area contributed by atoms with Gasteiger partial charge in [-0.15, -0.1) is 0 Å². The predicted molar refractivity (Wildman–Crippen MR) is 189 cm³/mol. The Balaban J connectivity index is 1.44. The fraction of sp³-hybridized carbons (Fsp3) is 0.229. The Labute approximate surface area is 298 Å². The van der Waals surface area contributed by atoms with E-state index >= 15 is 0 Å². The molecular weight excluding hydrogens is 709 g/mol. The highest BCUT2D eigenvalue weighted by Crippen LogP contribution is 2.56. The first-order valence-electron chi connectivity index (χ1n) is 15.0. The molecule has 1 aliphatic heterocycles. The van der Waals surface area contributed by atoms with Gasteiger partial charge in [0, 0.05) is 29.4 Å². The molecule has 0 bridgehead atoms. The first-order valence-corrected chi connectivity index (χ1v) is 17.3. The van der Waals surface area contributed by atoms with Crippen LogP contribution in [-0.4, -0.2) is 49.7 Å². The number of phenols is 1. The van der Waals surface area contributed by atoms with Crippen molar-refractivity contribution >= 4 is 56.3 Å². The summed E-state index contributed by atoms with van der Waals surface area (Å²) in [7, 11) is -2.73. The SMILES string of the molecule is C=CCON=C(C)C1=C(O)C=C2Oc3c(C(=O)NCc4c(C)cc(NS(=O)(=O)c5ccc(Cl)cc5Cl)cc4C)c(OC)cc(O)c3[C@]2(C)C1=O. The van der Waals surface area contributed by atoms with E-state index in [9.17, 15) is 28.2 Å². The first-order chi connectivity index (χ1) is 23.5. The number of rotatable bonds is 11. The average Bonchev–Trinajstić information content (AvgIpc) is 3.33. The van der Waals surface area contributed by atoms with E-state index in [1.807, 2.05) is 0 Å². The van der Waals surface area contributed by atoms with Crippen LogP contribution < -0.4 is 19.5 Å². The summed E-state index contributed by atoms with van der Waals surface area (Å²) >= 11 is 12.0. The average molecular weight is 743 g/mol. The lowest BCUT2D eigenvalue weighted by Crippen LogP contribution is -2.38. The van der Waals surface area contributed by atoms with Crippen molar-refractivity contribution < 1.29 is 42.5 Å². The maximum absolute atomic E-state index is 14.0. The number of nitrogens with zero attached hydrogens (tertiary/aromatic N) is 1. The summed E-state index contributed by atoms with van der Waals surface area (Å²) in [5, 5.41) is 29.0. The summed E-state index contributed by atoms with van der Waals surface area (Å²) < 4.78 is 40.1. The molecular formula is C35H33Cl2N3O9S. The molecule has 15 heteroatoms. The summed E-state index contributed by atoms with van der Waals surface area (Å²) in [6.45, 7) is 10.1. The fourth-order valence-corrected chi connectivity index (χ4v) is 7.77. The molecule has 0 unspecified atom stereocenters. The van der Waals surface area contributed by atoms with Crippen molar-refractivity contribution in [3.05, 3.63) is 110 Å². The summed E-state index contributed by atoms with van der Waals surface area (Å²) in [6.07, 6.45) is 2.70. The van der Waals surface area contributed by atoms with Crippen molar-refractivity contribution in [2.45, 2.75) is 44.6 Å². The molecule has 4 N–H and O–H groups in total. The quantitative estimate of drug-likeness (QED) is 0.0735. The maximum Gasteiger partial charge on any atom is 0.263 e. The molecule has 0 aromatic heterocycles. The van der Waals surface area contributed by atoms with E-state index in [1.54, 1.807) is 26.0 Å². The topological polar surface area (TPSA) is 173 Å². The van der Waals surface area contributed by atoms with Gasteiger partial charge >= 0.3 is 0 Å². The molecule has 1 atom stereocenters. The summed E-state index contributed by atoms with van der Waals surface area (Å²) in [6, 6.07) is 8.52. The van der Waals surface area contributed by atoms with E-state index in [0.717, 1.165) is 0 Å². The lowest BCUT2D eigenvalue weighted by atomic mass is 9.71. The highest BCUT2D eigenvalue weighted by molar-refractivity contribution is 7.92. The third-order valence-corrected chi connectivity index (χ3v) is 10.5. The van der Waals surface area contributed by atoms with Gasteiger partial charge in [0.05, 0.1) is 29.0 Å². The molecule has 50 heavy (non-hydrogen) atoms. The standard InChI is InChI=1S/C35H33Cl2N3O9S/c1-7-10-48-39-19(4)29-24(41)15-28-35(5,33(29)43)31-25(42)14-26(47-6)30(32(31)49-28)34(44)38-16-22-17(2)11-21(12-18(22)3)40-50(45,46)27-9-8-20(36)13-23(27)37/h7-9,11-15,40-42H,1,10,16H2,2-6H3,(H,38,44)/t35-/m1/s1. The summed E-state index contributed by atoms with van der Waals surface area (Å²) in [5.74, 6) is -2.24. The second-order valence-corrected chi connectivity index (χ2v) is 14.2. The van der Waals surface area contributed by atoms with Crippen LogP contribution in [0.4, 0.5) is 5.69 Å². The van der Waals surface area contributed by atoms with Crippen LogP contribution in [0.5, 0.6) is 17.2 Å². The molecule has 0 saturated carbocycles. The number of oxime groups is 1. The number of carbonyl (C=O) groups is 2. The van der Waals surface area contributed by atoms with Gasteiger partial charge in [0.1, 0.15) is 45.5 Å². The molecule has 0 radical (unpaired) electrons. The van der Waals surface area contributed by atoms with Gasteiger partial charge in [-0.3, -0.25) is 14.3 Å². The molecule has 3 aromatic carbocycles. The lowest BCUT2D eigenvalue weighted by Gasteiger charge is -2.28. The minimum Gasteiger partial charge on any atom is -0.507 e. The Morgan fingerprint density at radius 3 is 2.44 bits per heavy atom. The second-order valence-electron chi connectivity index (χ2n) is 11.7. The van der Waals surface area contributed by atoms with Gasteiger partial charge in [-0.25, -0.2) is 8.42 Å². The van der Waals surface area contributed by atoms with E-state index in [0.29, 0.717) is 21.7 Å². The van der Waals surface area contributed by atoms with Crippen LogP contribution in [0, 0.1) is 13.8 Å². The number of phenolic OH excluding ortho intramolecular Hbond substituents is 1. The van der Waals surface area contributed by atoms with Crippen molar-refractivity contribution in [2.75, 3.05) is 18.4 Å². The van der Waals surface area contributed by atoms with Gasteiger partial charge in [0.25, 0.3) is 15.9 Å². The monoisotopic (exact) mass is 741 g/mol. The number of aromatic hydroxyl groups is 1. The minimum atomic E-state index is -4.04. The molecule has 262 valence electrons. The minimum absolute atomic E-state index is 0.00861. The molecule has 1 amide bonds. The normalized spacial score (nSPS) is 17.0. The zero-order valence-corrected chi connectivity index (χ0v) is 29.9. The van der Waals surface area contributed by atoms with Gasteiger partial charge in [0.2, 0.25) is 0 Å². The predicted octanol–water partition coefficient (Wildman–Crippen LogP) is 6.56. The molecule has 2 aliphatic rings. The molecule has 0 spiro atoms. The number of nitrogens with one attached hydrogen (secondary N) is 2. The number of hydrogen-bond donors (Lipinski definition) is 4. The number of ether oxygens (including phenoxy) is 2. The number of methoxy groups -OCH3 is 1. The number of allylic oxidation sites excluding steroid dienone is 3. The van der Waals surface area contributed by atoms with Crippen LogP contribution in [0.15, 0.2) is 82.3 Å². The largest absolute Gasteiger partial charge is 0.507 e. The molecule has 5 rings (SSSR count). The zero-order valence-electron chi connectivity index (χ0n) is 27.6. The Kier molecular flexibility index (Phi) is 9.97. The van der Waals surface area contributed by atoms with E-state index in [2.05, 4.69) is 21.8 Å². The molecule has 12 nitrogen and oxygen atoms in total. The van der Waals surface area contributed by atoms with E-state index in [1.165, 1.54) is 57.4 Å². The maximum atomic E-state index is 14.0. The number of benzene rings is 3. The highest BCUT2D eigenvalue weighted by atomic mass is 35.5. The number of halogens is 2. The fourth-order valence-electron chi connectivity index (χ4n) is 5.95. The third-order valence-electron chi connectivity index (χ3n) is 8.39. The van der Waals surface area contributed by atoms with Gasteiger partial charge in [-0.05, 0) is 74.7 Å². The number of sulfonamides is 1. The number of fused-ring (bicyclic) bond motifs is 3. The number of anilines is 1. The Morgan fingerprint density at radius 1 is 1.14 bits per heavy atom. The van der Waals surface area contributed by atoms with Crippen molar-refractivity contribution in [1.82, 2.24) is 5.32 Å². The van der Waals surface area contributed by atoms with E-state index in [-0.39, 0.29) is 74.2 Å². The van der Waals surface area contributed by atoms with E-state index < -0.39 is 32.9 Å². The van der Waals surface area contributed by atoms with Gasteiger partial charge in [-0.1, -0.05) is 41.0 Å². The van der Waals surface area contributed by atoms with Crippen LogP contribution in [-0.2, 0) is 31.6 Å². The van der Waals surface area contributed by atoms with Crippen molar-refractivity contribution in [3.8, 4) is 17.2 Å². The van der Waals surface area contributed by atoms with Crippen LogP contribution in [0.25, 0.3) is 0 Å². The van der Waals surface area contributed by atoms with Crippen molar-refractivity contribution in [1.29, 1.82) is 0 Å². The van der Waals surface area contributed by atoms with Gasteiger partial charge in [0.15, 0.2) is 11.5 Å². The molecule has 0 saturated heterocycles. The molecule has 0 fully saturated rings.